The zero-order chi connectivity index (χ0) is 10.2. The maximum absolute atomic E-state index is 11.6. The number of carbonyl (C=O) groups excluding carboxylic acids is 1. The molecule has 0 aliphatic carbocycles. The highest BCUT2D eigenvalue weighted by Crippen LogP contribution is 2.26. The standard InChI is InChI=1S/C10H13N3O/c1-10(2)7-12-9(14)13(10)8-4-3-5-11-6-8/h3-6H,7H2,1-2H3,(H,12,14). The van der Waals surface area contributed by atoms with Crippen LogP contribution in [0.2, 0.25) is 0 Å². The van der Waals surface area contributed by atoms with Crippen LogP contribution >= 0.6 is 0 Å². The minimum Gasteiger partial charge on any atom is -0.335 e. The SMILES string of the molecule is CC1(C)CNC(=O)N1c1cccnc1. The molecule has 0 unspecified atom stereocenters. The normalized spacial score (nSPS) is 19.6. The van der Waals surface area contributed by atoms with Gasteiger partial charge in [-0.2, -0.15) is 0 Å². The number of anilines is 1. The number of carbonyl (C=O) groups is 1. The van der Waals surface area contributed by atoms with Crippen LogP contribution in [0.4, 0.5) is 10.5 Å². The molecule has 0 atom stereocenters. The number of nitrogens with zero attached hydrogens (tertiary/aromatic N) is 2. The minimum atomic E-state index is -0.180. The molecule has 0 radical (unpaired) electrons. The first kappa shape index (κ1) is 8.99. The Morgan fingerprint density at radius 1 is 1.57 bits per heavy atom. The molecule has 0 saturated carbocycles. The predicted octanol–water partition coefficient (Wildman–Crippen LogP) is 1.39. The van der Waals surface area contributed by atoms with Gasteiger partial charge in [-0.15, -0.1) is 0 Å². The highest BCUT2D eigenvalue weighted by atomic mass is 16.2. The largest absolute Gasteiger partial charge is 0.335 e. The molecule has 1 saturated heterocycles. The first-order valence-corrected chi connectivity index (χ1v) is 4.59. The quantitative estimate of drug-likeness (QED) is 0.729. The van der Waals surface area contributed by atoms with Crippen molar-refractivity contribution >= 4 is 11.7 Å². The number of aromatic nitrogens is 1. The summed E-state index contributed by atoms with van der Waals surface area (Å²) in [5.74, 6) is 0. The van der Waals surface area contributed by atoms with Crippen LogP contribution < -0.4 is 10.2 Å². The fraction of sp³-hybridized carbons (Fsp3) is 0.400. The summed E-state index contributed by atoms with van der Waals surface area (Å²) in [5.41, 5.74) is 0.660. The lowest BCUT2D eigenvalue weighted by Crippen LogP contribution is -2.42. The van der Waals surface area contributed by atoms with E-state index >= 15 is 0 Å². The Kier molecular flexibility index (Phi) is 1.91. The number of pyridine rings is 1. The molecule has 2 rings (SSSR count). The molecule has 1 aliphatic rings. The summed E-state index contributed by atoms with van der Waals surface area (Å²) in [7, 11) is 0. The molecule has 0 aromatic carbocycles. The Hall–Kier alpha value is -1.58. The Labute approximate surface area is 82.9 Å². The molecule has 1 aromatic heterocycles. The molecule has 4 nitrogen and oxygen atoms in total. The molecular weight excluding hydrogens is 178 g/mol. The van der Waals surface area contributed by atoms with Crippen LogP contribution in [0.1, 0.15) is 13.8 Å². The maximum Gasteiger partial charge on any atom is 0.322 e. The topological polar surface area (TPSA) is 45.2 Å². The van der Waals surface area contributed by atoms with Crippen molar-refractivity contribution in [2.45, 2.75) is 19.4 Å². The molecule has 1 fully saturated rings. The van der Waals surface area contributed by atoms with Gasteiger partial charge in [-0.25, -0.2) is 4.79 Å². The second-order valence-electron chi connectivity index (χ2n) is 4.02. The average Bonchev–Trinajstić information content (AvgIpc) is 2.42. The number of amides is 2. The molecule has 0 bridgehead atoms. The summed E-state index contributed by atoms with van der Waals surface area (Å²) in [6.07, 6.45) is 3.40. The van der Waals surface area contributed by atoms with Crippen molar-refractivity contribution in [1.82, 2.24) is 10.3 Å². The van der Waals surface area contributed by atoms with E-state index in [9.17, 15) is 4.79 Å². The van der Waals surface area contributed by atoms with Crippen molar-refractivity contribution in [2.75, 3.05) is 11.4 Å². The molecule has 74 valence electrons. The number of hydrogen-bond acceptors (Lipinski definition) is 2. The molecule has 2 heterocycles. The Balaban J connectivity index is 2.38. The summed E-state index contributed by atoms with van der Waals surface area (Å²) in [6, 6.07) is 3.67. The van der Waals surface area contributed by atoms with Gasteiger partial charge in [-0.05, 0) is 26.0 Å². The molecule has 14 heavy (non-hydrogen) atoms. The van der Waals surface area contributed by atoms with E-state index < -0.39 is 0 Å². The maximum atomic E-state index is 11.6. The summed E-state index contributed by atoms with van der Waals surface area (Å²) >= 11 is 0. The molecule has 0 spiro atoms. The Morgan fingerprint density at radius 3 is 2.86 bits per heavy atom. The highest BCUT2D eigenvalue weighted by Gasteiger charge is 2.38. The van der Waals surface area contributed by atoms with Gasteiger partial charge < -0.3 is 5.32 Å². The third kappa shape index (κ3) is 1.32. The summed E-state index contributed by atoms with van der Waals surface area (Å²) in [4.78, 5) is 17.3. The van der Waals surface area contributed by atoms with Crippen LogP contribution in [0, 0.1) is 0 Å². The van der Waals surface area contributed by atoms with E-state index in [1.807, 2.05) is 26.0 Å². The number of urea groups is 1. The lowest BCUT2D eigenvalue weighted by molar-refractivity contribution is 0.251. The molecule has 1 aromatic rings. The Bertz CT molecular complexity index is 348. The van der Waals surface area contributed by atoms with Gasteiger partial charge in [0, 0.05) is 12.7 Å². The lowest BCUT2D eigenvalue weighted by atomic mass is 10.1. The van der Waals surface area contributed by atoms with Gasteiger partial charge in [-0.3, -0.25) is 9.88 Å². The first-order valence-electron chi connectivity index (χ1n) is 4.59. The van der Waals surface area contributed by atoms with Gasteiger partial charge in [0.2, 0.25) is 0 Å². The smallest absolute Gasteiger partial charge is 0.322 e. The van der Waals surface area contributed by atoms with Crippen molar-refractivity contribution in [2.24, 2.45) is 0 Å². The highest BCUT2D eigenvalue weighted by molar-refractivity contribution is 5.95. The van der Waals surface area contributed by atoms with E-state index in [-0.39, 0.29) is 11.6 Å². The van der Waals surface area contributed by atoms with E-state index in [0.29, 0.717) is 6.54 Å². The van der Waals surface area contributed by atoms with Crippen LogP contribution in [0.5, 0.6) is 0 Å². The fourth-order valence-electron chi connectivity index (χ4n) is 1.68. The number of nitrogens with one attached hydrogen (secondary N) is 1. The van der Waals surface area contributed by atoms with Crippen LogP contribution in [0.25, 0.3) is 0 Å². The molecule has 1 N–H and O–H groups in total. The predicted molar refractivity (Wildman–Crippen MR) is 54.2 cm³/mol. The molecular formula is C10H13N3O. The summed E-state index contributed by atoms with van der Waals surface area (Å²) in [6.45, 7) is 4.72. The van der Waals surface area contributed by atoms with E-state index in [4.69, 9.17) is 0 Å². The zero-order valence-corrected chi connectivity index (χ0v) is 8.32. The van der Waals surface area contributed by atoms with Gasteiger partial charge in [0.15, 0.2) is 0 Å². The van der Waals surface area contributed by atoms with E-state index in [1.165, 1.54) is 0 Å². The number of hydrogen-bond donors (Lipinski definition) is 1. The van der Waals surface area contributed by atoms with Gasteiger partial charge in [0.25, 0.3) is 0 Å². The fourth-order valence-corrected chi connectivity index (χ4v) is 1.68. The van der Waals surface area contributed by atoms with E-state index in [2.05, 4.69) is 10.3 Å². The first-order chi connectivity index (χ1) is 6.61. The summed E-state index contributed by atoms with van der Waals surface area (Å²) in [5, 5.41) is 2.82. The van der Waals surface area contributed by atoms with Crippen molar-refractivity contribution in [3.63, 3.8) is 0 Å². The Morgan fingerprint density at radius 2 is 2.36 bits per heavy atom. The van der Waals surface area contributed by atoms with Crippen molar-refractivity contribution in [1.29, 1.82) is 0 Å². The lowest BCUT2D eigenvalue weighted by Gasteiger charge is -2.29. The van der Waals surface area contributed by atoms with Crippen molar-refractivity contribution in [3.8, 4) is 0 Å². The number of rotatable bonds is 1. The average molecular weight is 191 g/mol. The van der Waals surface area contributed by atoms with Crippen LogP contribution in [-0.4, -0.2) is 23.1 Å². The van der Waals surface area contributed by atoms with Gasteiger partial charge in [0.1, 0.15) is 0 Å². The second-order valence-corrected chi connectivity index (χ2v) is 4.02. The zero-order valence-electron chi connectivity index (χ0n) is 8.32. The third-order valence-electron chi connectivity index (χ3n) is 2.38. The molecule has 2 amide bonds. The van der Waals surface area contributed by atoms with Gasteiger partial charge in [0.05, 0.1) is 17.4 Å². The van der Waals surface area contributed by atoms with Gasteiger partial charge in [-0.1, -0.05) is 0 Å². The summed E-state index contributed by atoms with van der Waals surface area (Å²) < 4.78 is 0. The molecule has 4 heteroatoms. The van der Waals surface area contributed by atoms with Crippen molar-refractivity contribution < 1.29 is 4.79 Å². The monoisotopic (exact) mass is 191 g/mol. The van der Waals surface area contributed by atoms with Crippen LogP contribution in [0.15, 0.2) is 24.5 Å². The van der Waals surface area contributed by atoms with E-state index in [0.717, 1.165) is 5.69 Å². The third-order valence-corrected chi connectivity index (χ3v) is 2.38. The van der Waals surface area contributed by atoms with Crippen LogP contribution in [0.3, 0.4) is 0 Å². The van der Waals surface area contributed by atoms with Crippen molar-refractivity contribution in [3.05, 3.63) is 24.5 Å². The van der Waals surface area contributed by atoms with Gasteiger partial charge >= 0.3 is 6.03 Å². The minimum absolute atomic E-state index is 0.0528. The molecule has 1 aliphatic heterocycles. The van der Waals surface area contributed by atoms with E-state index in [1.54, 1.807) is 17.3 Å². The van der Waals surface area contributed by atoms with Crippen LogP contribution in [-0.2, 0) is 0 Å². The second kappa shape index (κ2) is 2.97.